The lowest BCUT2D eigenvalue weighted by Crippen LogP contribution is -2.39. The van der Waals surface area contributed by atoms with Crippen LogP contribution in [0.15, 0.2) is 42.5 Å². The number of rotatable bonds is 4. The lowest BCUT2D eigenvalue weighted by molar-refractivity contribution is -0.143. The van der Waals surface area contributed by atoms with Gasteiger partial charge in [-0.05, 0) is 43.4 Å². The van der Waals surface area contributed by atoms with Crippen molar-refractivity contribution in [3.63, 3.8) is 0 Å². The van der Waals surface area contributed by atoms with Crippen LogP contribution in [0.25, 0.3) is 5.69 Å². The first-order valence-electron chi connectivity index (χ1n) is 9.58. The molecule has 0 radical (unpaired) electrons. The molecule has 7 nitrogen and oxygen atoms in total. The van der Waals surface area contributed by atoms with Crippen LogP contribution in [0.4, 0.5) is 5.82 Å². The Morgan fingerprint density at radius 3 is 2.52 bits per heavy atom. The van der Waals surface area contributed by atoms with Gasteiger partial charge < -0.3 is 5.32 Å². The summed E-state index contributed by atoms with van der Waals surface area (Å²) in [7, 11) is 0. The third-order valence-electron chi connectivity index (χ3n) is 6.02. The van der Waals surface area contributed by atoms with E-state index in [1.54, 1.807) is 28.9 Å². The topological polar surface area (TPSA) is 84.3 Å². The minimum Gasteiger partial charge on any atom is -0.309 e. The molecule has 1 aromatic heterocycles. The van der Waals surface area contributed by atoms with Crippen molar-refractivity contribution >= 4 is 35.1 Å². The van der Waals surface area contributed by atoms with Crippen LogP contribution in [-0.2, 0) is 14.4 Å². The summed E-state index contributed by atoms with van der Waals surface area (Å²) in [5.41, 5.74) is 1.41. The van der Waals surface area contributed by atoms with Gasteiger partial charge in [-0.1, -0.05) is 29.8 Å². The maximum Gasteiger partial charge on any atom is 0.245 e. The Hall–Kier alpha value is -2.93. The number of allylic oxidation sites excluding steroid dienone is 2. The first-order chi connectivity index (χ1) is 13.9. The average Bonchev–Trinajstić information content (AvgIpc) is 3.42. The minimum absolute atomic E-state index is 0.126. The summed E-state index contributed by atoms with van der Waals surface area (Å²) in [5.74, 6) is -0.791. The number of anilines is 1. The standard InChI is InChI=1S/C21H19ClN4O3/c1-11-7-16(26(24-11)15-4-2-3-14(22)9-15)23-17(27)10-25-20(28)18-12-5-6-13(8-12)19(18)21(25)29/h2-7,9,12-13,18-19H,8,10H2,1H3,(H,23,27). The van der Waals surface area contributed by atoms with Crippen LogP contribution in [0.5, 0.6) is 0 Å². The average molecular weight is 411 g/mol. The Balaban J connectivity index is 1.34. The number of aromatic nitrogens is 2. The largest absolute Gasteiger partial charge is 0.309 e. The number of nitrogens with zero attached hydrogens (tertiary/aromatic N) is 3. The Kier molecular flexibility index (Phi) is 4.10. The first-order valence-corrected chi connectivity index (χ1v) is 9.96. The SMILES string of the molecule is Cc1cc(NC(=O)CN2C(=O)C3C4C=CC(C4)C3C2=O)n(-c2cccc(Cl)c2)n1. The van der Waals surface area contributed by atoms with E-state index in [9.17, 15) is 14.4 Å². The Bertz CT molecular complexity index is 1050. The Labute approximate surface area is 172 Å². The maximum atomic E-state index is 12.8. The van der Waals surface area contributed by atoms with Gasteiger partial charge >= 0.3 is 0 Å². The van der Waals surface area contributed by atoms with E-state index >= 15 is 0 Å². The summed E-state index contributed by atoms with van der Waals surface area (Å²) in [6, 6.07) is 8.84. The number of hydrogen-bond donors (Lipinski definition) is 1. The van der Waals surface area contributed by atoms with Gasteiger partial charge in [0.2, 0.25) is 17.7 Å². The quantitative estimate of drug-likeness (QED) is 0.620. The van der Waals surface area contributed by atoms with E-state index in [1.165, 1.54) is 0 Å². The van der Waals surface area contributed by atoms with Crippen molar-refractivity contribution in [2.24, 2.45) is 23.7 Å². The lowest BCUT2D eigenvalue weighted by atomic mass is 9.85. The smallest absolute Gasteiger partial charge is 0.245 e. The highest BCUT2D eigenvalue weighted by molar-refractivity contribution is 6.30. The van der Waals surface area contributed by atoms with Gasteiger partial charge in [0.1, 0.15) is 12.4 Å². The third kappa shape index (κ3) is 2.88. The molecule has 3 amide bonds. The summed E-state index contributed by atoms with van der Waals surface area (Å²) in [6.07, 6.45) is 4.94. The predicted molar refractivity (Wildman–Crippen MR) is 106 cm³/mol. The molecule has 1 aromatic carbocycles. The highest BCUT2D eigenvalue weighted by Gasteiger charge is 2.59. The van der Waals surface area contributed by atoms with Crippen molar-refractivity contribution in [1.82, 2.24) is 14.7 Å². The fraction of sp³-hybridized carbons (Fsp3) is 0.333. The zero-order valence-corrected chi connectivity index (χ0v) is 16.5. The van der Waals surface area contributed by atoms with Gasteiger partial charge in [-0.15, -0.1) is 0 Å². The second-order valence-corrected chi connectivity index (χ2v) is 8.31. The molecular formula is C21H19ClN4O3. The summed E-state index contributed by atoms with van der Waals surface area (Å²) >= 11 is 6.07. The normalized spacial score (nSPS) is 27.0. The molecule has 1 aliphatic heterocycles. The maximum absolute atomic E-state index is 12.8. The predicted octanol–water partition coefficient (Wildman–Crippen LogP) is 2.58. The fourth-order valence-corrected chi connectivity index (χ4v) is 5.02. The number of carbonyl (C=O) groups excluding carboxylic acids is 3. The molecule has 148 valence electrons. The molecule has 2 aliphatic carbocycles. The van der Waals surface area contributed by atoms with Crippen molar-refractivity contribution in [3.8, 4) is 5.69 Å². The van der Waals surface area contributed by atoms with Crippen LogP contribution >= 0.6 is 11.6 Å². The second-order valence-electron chi connectivity index (χ2n) is 7.87. The number of aryl methyl sites for hydroxylation is 1. The number of carbonyl (C=O) groups is 3. The molecule has 29 heavy (non-hydrogen) atoms. The van der Waals surface area contributed by atoms with Crippen molar-refractivity contribution in [2.45, 2.75) is 13.3 Å². The molecule has 4 unspecified atom stereocenters. The van der Waals surface area contributed by atoms with Crippen LogP contribution in [0.2, 0.25) is 5.02 Å². The second kappa shape index (κ2) is 6.56. The number of nitrogens with one attached hydrogen (secondary N) is 1. The van der Waals surface area contributed by atoms with Crippen LogP contribution in [0.1, 0.15) is 12.1 Å². The van der Waals surface area contributed by atoms with Gasteiger partial charge in [0, 0.05) is 11.1 Å². The number of amides is 3. The first kappa shape index (κ1) is 18.1. The van der Waals surface area contributed by atoms with E-state index < -0.39 is 5.91 Å². The number of imide groups is 1. The molecule has 1 N–H and O–H groups in total. The van der Waals surface area contributed by atoms with Crippen molar-refractivity contribution in [1.29, 1.82) is 0 Å². The summed E-state index contributed by atoms with van der Waals surface area (Å²) in [6.45, 7) is 1.53. The molecule has 2 heterocycles. The highest BCUT2D eigenvalue weighted by Crippen LogP contribution is 2.52. The van der Waals surface area contributed by atoms with E-state index in [-0.39, 0.29) is 42.0 Å². The third-order valence-corrected chi connectivity index (χ3v) is 6.25. The summed E-state index contributed by atoms with van der Waals surface area (Å²) in [4.78, 5) is 39.3. The van der Waals surface area contributed by atoms with Gasteiger partial charge in [-0.2, -0.15) is 5.10 Å². The monoisotopic (exact) mass is 410 g/mol. The van der Waals surface area contributed by atoms with E-state index in [4.69, 9.17) is 11.6 Å². The van der Waals surface area contributed by atoms with Crippen LogP contribution in [0.3, 0.4) is 0 Å². The van der Waals surface area contributed by atoms with Gasteiger partial charge in [0.25, 0.3) is 0 Å². The molecule has 2 fully saturated rings. The van der Waals surface area contributed by atoms with E-state index in [0.717, 1.165) is 11.3 Å². The summed E-state index contributed by atoms with van der Waals surface area (Å²) < 4.78 is 1.58. The van der Waals surface area contributed by atoms with Crippen LogP contribution in [0, 0.1) is 30.6 Å². The van der Waals surface area contributed by atoms with E-state index in [2.05, 4.69) is 10.4 Å². The zero-order chi connectivity index (χ0) is 20.3. The van der Waals surface area contributed by atoms with Crippen LogP contribution < -0.4 is 5.32 Å². The van der Waals surface area contributed by atoms with Gasteiger partial charge in [0.15, 0.2) is 0 Å². The van der Waals surface area contributed by atoms with E-state index in [1.807, 2.05) is 25.1 Å². The molecule has 4 atom stereocenters. The number of fused-ring (bicyclic) bond motifs is 5. The summed E-state index contributed by atoms with van der Waals surface area (Å²) in [5, 5.41) is 7.73. The lowest BCUT2D eigenvalue weighted by Gasteiger charge is -2.17. The fourth-order valence-electron chi connectivity index (χ4n) is 4.84. The number of halogens is 1. The number of likely N-dealkylation sites (tertiary alicyclic amines) is 1. The van der Waals surface area contributed by atoms with Crippen molar-refractivity contribution < 1.29 is 14.4 Å². The molecule has 5 rings (SSSR count). The molecular weight excluding hydrogens is 392 g/mol. The van der Waals surface area contributed by atoms with Gasteiger partial charge in [0.05, 0.1) is 23.2 Å². The zero-order valence-electron chi connectivity index (χ0n) is 15.7. The molecule has 8 heteroatoms. The molecule has 1 saturated heterocycles. The number of benzene rings is 1. The van der Waals surface area contributed by atoms with Gasteiger partial charge in [-0.3, -0.25) is 19.3 Å². The Morgan fingerprint density at radius 1 is 1.17 bits per heavy atom. The molecule has 0 spiro atoms. The van der Waals surface area contributed by atoms with E-state index in [0.29, 0.717) is 22.2 Å². The molecule has 3 aliphatic rings. The number of hydrogen-bond acceptors (Lipinski definition) is 4. The highest BCUT2D eigenvalue weighted by atomic mass is 35.5. The van der Waals surface area contributed by atoms with Crippen LogP contribution in [-0.4, -0.2) is 38.9 Å². The minimum atomic E-state index is -0.435. The molecule has 2 aromatic rings. The van der Waals surface area contributed by atoms with Crippen molar-refractivity contribution in [2.75, 3.05) is 11.9 Å². The molecule has 1 saturated carbocycles. The molecule has 2 bridgehead atoms. The van der Waals surface area contributed by atoms with Gasteiger partial charge in [-0.25, -0.2) is 4.68 Å². The Morgan fingerprint density at radius 2 is 1.86 bits per heavy atom. The van der Waals surface area contributed by atoms with Crippen molar-refractivity contribution in [3.05, 3.63) is 53.2 Å².